The summed E-state index contributed by atoms with van der Waals surface area (Å²) in [4.78, 5) is 14.0. The molecule has 1 unspecified atom stereocenters. The smallest absolute Gasteiger partial charge is 0.228 e. The molecule has 4 heteroatoms. The molecule has 4 nitrogen and oxygen atoms in total. The van der Waals surface area contributed by atoms with Crippen molar-refractivity contribution in [1.82, 2.24) is 5.32 Å². The molecule has 1 aromatic rings. The van der Waals surface area contributed by atoms with Gasteiger partial charge in [0.2, 0.25) is 5.91 Å². The van der Waals surface area contributed by atoms with Crippen molar-refractivity contribution in [2.45, 2.75) is 13.8 Å². The van der Waals surface area contributed by atoms with Crippen molar-refractivity contribution in [3.63, 3.8) is 0 Å². The van der Waals surface area contributed by atoms with Gasteiger partial charge in [0.25, 0.3) is 0 Å². The van der Waals surface area contributed by atoms with E-state index in [1.807, 2.05) is 52.0 Å². The van der Waals surface area contributed by atoms with Crippen molar-refractivity contribution in [2.75, 3.05) is 37.9 Å². The highest BCUT2D eigenvalue weighted by atomic mass is 16.1. The molecule has 1 atom stereocenters. The summed E-state index contributed by atoms with van der Waals surface area (Å²) in [7, 11) is 5.85. The quantitative estimate of drug-likeness (QED) is 0.837. The highest BCUT2D eigenvalue weighted by Crippen LogP contribution is 2.21. The number of hydrogen-bond donors (Lipinski definition) is 2. The van der Waals surface area contributed by atoms with Crippen LogP contribution >= 0.6 is 0 Å². The summed E-state index contributed by atoms with van der Waals surface area (Å²) < 4.78 is 0. The molecule has 0 aliphatic rings. The summed E-state index contributed by atoms with van der Waals surface area (Å²) in [5.41, 5.74) is 3.09. The number of anilines is 2. The highest BCUT2D eigenvalue weighted by Gasteiger charge is 2.13. The number of aryl methyl sites for hydroxylation is 1. The molecule has 18 heavy (non-hydrogen) atoms. The van der Waals surface area contributed by atoms with Crippen LogP contribution in [0.1, 0.15) is 12.5 Å². The maximum Gasteiger partial charge on any atom is 0.228 e. The fourth-order valence-corrected chi connectivity index (χ4v) is 1.72. The van der Waals surface area contributed by atoms with Gasteiger partial charge in [-0.15, -0.1) is 0 Å². The third-order valence-corrected chi connectivity index (χ3v) is 2.94. The zero-order valence-electron chi connectivity index (χ0n) is 11.9. The van der Waals surface area contributed by atoms with E-state index in [4.69, 9.17) is 0 Å². The van der Waals surface area contributed by atoms with E-state index in [0.29, 0.717) is 6.54 Å². The van der Waals surface area contributed by atoms with Gasteiger partial charge in [-0.2, -0.15) is 0 Å². The summed E-state index contributed by atoms with van der Waals surface area (Å²) in [5, 5.41) is 5.97. The van der Waals surface area contributed by atoms with Crippen molar-refractivity contribution in [3.8, 4) is 0 Å². The van der Waals surface area contributed by atoms with Crippen LogP contribution in [0.2, 0.25) is 0 Å². The van der Waals surface area contributed by atoms with E-state index in [0.717, 1.165) is 16.9 Å². The maximum absolute atomic E-state index is 11.9. The van der Waals surface area contributed by atoms with E-state index < -0.39 is 0 Å². The number of benzene rings is 1. The summed E-state index contributed by atoms with van der Waals surface area (Å²) in [5.74, 6) is 0.00739. The molecule has 0 aliphatic heterocycles. The number of amides is 1. The topological polar surface area (TPSA) is 44.4 Å². The van der Waals surface area contributed by atoms with E-state index in [1.54, 1.807) is 0 Å². The van der Waals surface area contributed by atoms with Gasteiger partial charge in [-0.25, -0.2) is 0 Å². The van der Waals surface area contributed by atoms with Crippen LogP contribution in [0.3, 0.4) is 0 Å². The third kappa shape index (κ3) is 3.74. The molecule has 2 N–H and O–H groups in total. The Hall–Kier alpha value is -1.55. The lowest BCUT2D eigenvalue weighted by molar-refractivity contribution is -0.119. The maximum atomic E-state index is 11.9. The fraction of sp³-hybridized carbons (Fsp3) is 0.500. The Kier molecular flexibility index (Phi) is 5.16. The zero-order chi connectivity index (χ0) is 13.7. The number of carbonyl (C=O) groups excluding carboxylic acids is 1. The Morgan fingerprint density at radius 3 is 2.56 bits per heavy atom. The van der Waals surface area contributed by atoms with Crippen molar-refractivity contribution in [1.29, 1.82) is 0 Å². The second-order valence-corrected chi connectivity index (χ2v) is 4.84. The Labute approximate surface area is 109 Å². The molecule has 1 amide bonds. The second kappa shape index (κ2) is 6.40. The van der Waals surface area contributed by atoms with Crippen LogP contribution in [0.4, 0.5) is 11.4 Å². The Balaban J connectivity index is 2.76. The lowest BCUT2D eigenvalue weighted by atomic mass is 10.1. The number of carbonyl (C=O) groups is 1. The molecule has 1 rings (SSSR count). The molecule has 0 saturated carbocycles. The summed E-state index contributed by atoms with van der Waals surface area (Å²) >= 11 is 0. The van der Waals surface area contributed by atoms with Crippen LogP contribution in [0.5, 0.6) is 0 Å². The van der Waals surface area contributed by atoms with Gasteiger partial charge in [0.15, 0.2) is 0 Å². The average molecular weight is 249 g/mol. The predicted octanol–water partition coefficient (Wildman–Crippen LogP) is 1.86. The number of nitrogens with zero attached hydrogens (tertiary/aromatic N) is 1. The van der Waals surface area contributed by atoms with Gasteiger partial charge in [0, 0.05) is 37.9 Å². The van der Waals surface area contributed by atoms with E-state index in [1.165, 1.54) is 0 Å². The molecule has 100 valence electrons. The van der Waals surface area contributed by atoms with Crippen LogP contribution < -0.4 is 15.5 Å². The number of hydrogen-bond acceptors (Lipinski definition) is 3. The molecule has 0 aliphatic carbocycles. The second-order valence-electron chi connectivity index (χ2n) is 4.84. The average Bonchev–Trinajstić information content (AvgIpc) is 2.31. The van der Waals surface area contributed by atoms with Gasteiger partial charge in [0.1, 0.15) is 0 Å². The van der Waals surface area contributed by atoms with Crippen LogP contribution in [-0.4, -0.2) is 33.6 Å². The zero-order valence-corrected chi connectivity index (χ0v) is 11.9. The minimum atomic E-state index is -0.0390. The first-order valence-corrected chi connectivity index (χ1v) is 6.19. The summed E-state index contributed by atoms with van der Waals surface area (Å²) in [6, 6.07) is 6.03. The first kappa shape index (κ1) is 14.5. The van der Waals surface area contributed by atoms with E-state index in [-0.39, 0.29) is 11.8 Å². The Morgan fingerprint density at radius 1 is 1.39 bits per heavy atom. The highest BCUT2D eigenvalue weighted by molar-refractivity contribution is 5.93. The Bertz CT molecular complexity index is 416. The summed E-state index contributed by atoms with van der Waals surface area (Å²) in [6.07, 6.45) is 0. The van der Waals surface area contributed by atoms with Crippen LogP contribution in [0.25, 0.3) is 0 Å². The largest absolute Gasteiger partial charge is 0.378 e. The first-order chi connectivity index (χ1) is 8.45. The predicted molar refractivity (Wildman–Crippen MR) is 77.2 cm³/mol. The molecule has 0 saturated heterocycles. The van der Waals surface area contributed by atoms with Gasteiger partial charge < -0.3 is 15.5 Å². The van der Waals surface area contributed by atoms with Gasteiger partial charge in [0.05, 0.1) is 0 Å². The molecular formula is C14H23N3O. The minimum absolute atomic E-state index is 0.0390. The number of rotatable bonds is 5. The molecule has 1 aromatic carbocycles. The molecule has 0 bridgehead atoms. The van der Waals surface area contributed by atoms with Gasteiger partial charge in [-0.05, 0) is 37.7 Å². The molecule has 0 spiro atoms. The molecule has 0 heterocycles. The lowest BCUT2D eigenvalue weighted by Gasteiger charge is -2.17. The normalized spacial score (nSPS) is 12.1. The minimum Gasteiger partial charge on any atom is -0.378 e. The van der Waals surface area contributed by atoms with Crippen LogP contribution in [0.15, 0.2) is 18.2 Å². The molecule has 0 aromatic heterocycles. The van der Waals surface area contributed by atoms with Crippen LogP contribution in [0, 0.1) is 12.8 Å². The van der Waals surface area contributed by atoms with E-state index >= 15 is 0 Å². The van der Waals surface area contributed by atoms with Crippen molar-refractivity contribution in [2.24, 2.45) is 5.92 Å². The van der Waals surface area contributed by atoms with E-state index in [9.17, 15) is 4.79 Å². The molecule has 0 fully saturated rings. The Morgan fingerprint density at radius 2 is 2.06 bits per heavy atom. The summed E-state index contributed by atoms with van der Waals surface area (Å²) in [6.45, 7) is 4.60. The standard InChI is InChI=1S/C14H23N3O/c1-10-8-12(17(4)5)6-7-13(10)16-14(18)11(2)9-15-3/h6-8,11,15H,9H2,1-5H3,(H,16,18). The molecular weight excluding hydrogens is 226 g/mol. The van der Waals surface area contributed by atoms with Crippen molar-refractivity contribution in [3.05, 3.63) is 23.8 Å². The first-order valence-electron chi connectivity index (χ1n) is 6.19. The monoisotopic (exact) mass is 249 g/mol. The van der Waals surface area contributed by atoms with Gasteiger partial charge in [-0.3, -0.25) is 4.79 Å². The van der Waals surface area contributed by atoms with Gasteiger partial charge >= 0.3 is 0 Å². The number of nitrogens with one attached hydrogen (secondary N) is 2. The fourth-order valence-electron chi connectivity index (χ4n) is 1.72. The van der Waals surface area contributed by atoms with Crippen molar-refractivity contribution >= 4 is 17.3 Å². The van der Waals surface area contributed by atoms with Crippen molar-refractivity contribution < 1.29 is 4.79 Å². The van der Waals surface area contributed by atoms with E-state index in [2.05, 4.69) is 16.7 Å². The van der Waals surface area contributed by atoms with Gasteiger partial charge in [-0.1, -0.05) is 6.92 Å². The van der Waals surface area contributed by atoms with Crippen LogP contribution in [-0.2, 0) is 4.79 Å². The SMILES string of the molecule is CNCC(C)C(=O)Nc1ccc(N(C)C)cc1C. The molecule has 0 radical (unpaired) electrons. The third-order valence-electron chi connectivity index (χ3n) is 2.94. The lowest BCUT2D eigenvalue weighted by Crippen LogP contribution is -2.28.